The molecule has 2 aromatic carbocycles. The molecule has 0 bridgehead atoms. The fraction of sp³-hybridized carbons (Fsp3) is 0.436. The van der Waals surface area contributed by atoms with Gasteiger partial charge in [0.05, 0.1) is 12.1 Å². The molecule has 2 aromatic rings. The van der Waals surface area contributed by atoms with Gasteiger partial charge in [0.1, 0.15) is 0 Å². The summed E-state index contributed by atoms with van der Waals surface area (Å²) in [7, 11) is 0. The van der Waals surface area contributed by atoms with Crippen molar-refractivity contribution >= 4 is 104 Å². The van der Waals surface area contributed by atoms with E-state index in [1.54, 1.807) is 65.8 Å². The van der Waals surface area contributed by atoms with Gasteiger partial charge in [-0.3, -0.25) is 9.59 Å². The molecule has 0 saturated carbocycles. The van der Waals surface area contributed by atoms with Crippen molar-refractivity contribution in [2.45, 2.75) is 106 Å². The summed E-state index contributed by atoms with van der Waals surface area (Å²) in [4.78, 5) is 118. The van der Waals surface area contributed by atoms with Crippen LogP contribution in [-0.4, -0.2) is 104 Å². The van der Waals surface area contributed by atoms with E-state index in [1.165, 1.54) is 12.1 Å². The Labute approximate surface area is 370 Å². The van der Waals surface area contributed by atoms with E-state index in [4.69, 9.17) is 36.0 Å². The normalized spacial score (nSPS) is 14.1. The van der Waals surface area contributed by atoms with Crippen LogP contribution in [0.25, 0.3) is 0 Å². The number of hydroxylamine groups is 4. The average molecular weight is 1070 g/mol. The van der Waals surface area contributed by atoms with Crippen molar-refractivity contribution in [3.05, 3.63) is 62.2 Å². The third-order valence-electron chi connectivity index (χ3n) is 8.07. The molecule has 6 amide bonds. The van der Waals surface area contributed by atoms with Gasteiger partial charge in [0.15, 0.2) is 5.96 Å². The Bertz CT molecular complexity index is 2110. The Morgan fingerprint density at radius 1 is 0.770 bits per heavy atom. The molecule has 0 spiro atoms. The zero-order valence-electron chi connectivity index (χ0n) is 35.4. The number of hydrogen-bond donors (Lipinski definition) is 4. The minimum atomic E-state index is -3.03. The van der Waals surface area contributed by atoms with Gasteiger partial charge in [-0.15, -0.1) is 5.06 Å². The number of aliphatic imine (C=N–C) groups is 1. The molecule has 2 fully saturated rings. The number of amides is 6. The van der Waals surface area contributed by atoms with Crippen molar-refractivity contribution in [1.82, 2.24) is 20.3 Å². The molecule has 2 aliphatic heterocycles. The summed E-state index contributed by atoms with van der Waals surface area (Å²) in [6.45, 7) is 10.2. The Morgan fingerprint density at radius 2 is 1.21 bits per heavy atom. The largest absolute Gasteiger partial charge is 0.370 e. The van der Waals surface area contributed by atoms with Crippen LogP contribution in [0.3, 0.4) is 0 Å². The summed E-state index contributed by atoms with van der Waals surface area (Å²) < 4.78 is 12.3. The number of guanidine groups is 2. The van der Waals surface area contributed by atoms with Crippen LogP contribution in [-0.2, 0) is 51.4 Å². The zero-order chi connectivity index (χ0) is 46.2. The second kappa shape index (κ2) is 20.5. The van der Waals surface area contributed by atoms with Gasteiger partial charge in [0, 0.05) is 16.4 Å². The van der Waals surface area contributed by atoms with Crippen molar-refractivity contribution in [2.24, 2.45) is 16.5 Å². The maximum atomic E-state index is 13.1. The fourth-order valence-electron chi connectivity index (χ4n) is 5.30. The van der Waals surface area contributed by atoms with Crippen LogP contribution in [0.4, 0.5) is 9.59 Å². The number of nitrogens with zero attached hydrogens (tertiary/aromatic N) is 4. The van der Waals surface area contributed by atoms with Crippen molar-refractivity contribution < 1.29 is 57.5 Å². The van der Waals surface area contributed by atoms with E-state index >= 15 is 0 Å². The first kappa shape index (κ1) is 50.0. The number of benzene rings is 2. The third-order valence-corrected chi connectivity index (χ3v) is 15.0. The molecule has 61 heavy (non-hydrogen) atoms. The molecule has 0 radical (unpaired) electrons. The standard InChI is InChI=1S/C23H29N4O8.C13H13IN4O4.3CH3.Sn/c1-22(2,3)33-20(31)25-19(24)26(21(32)34-23(4,5)6)13-14-7-9-15(10-8-14)18(30)35-27-16(28)11-12-17(27)29;14-9-5-7(1-2-8(9)6-17-13(15)16)12(21)22-18-10(19)3-4-11(18)20;;;;/h7,9-10H,11-13H2,1-6H3,(H2,24,25,31);1-2,5H,3-4,6H2,(H4,15,16,17);3*1H3;/i;14+4;;;;. The molecule has 20 nitrogen and oxygen atoms in total. The number of hydrogen-bond acceptors (Lipinski definition) is 14. The van der Waals surface area contributed by atoms with Gasteiger partial charge in [-0.2, -0.15) is 0 Å². The average Bonchev–Trinajstić information content (AvgIpc) is 3.61. The van der Waals surface area contributed by atoms with Gasteiger partial charge in [-0.05, 0) is 40.3 Å². The molecule has 6 N–H and O–H groups in total. The molecule has 0 aromatic heterocycles. The summed E-state index contributed by atoms with van der Waals surface area (Å²) in [6.07, 6.45) is -1.67. The van der Waals surface area contributed by atoms with Crippen LogP contribution in [0, 0.1) is 8.98 Å². The SMILES string of the molecule is CC(C)(C)OC(=O)NC(=N)N(Cc1ccc(C(=O)ON2C(=O)CCC2=O)c[c]1[Sn]([CH3])([CH3])[CH3])C(=O)OC(C)(C)C.NC(N)=NCc1ccc(C(=O)ON2C(=O)CCC2=O)cc1[131I]. The molecular weight excluding hydrogens is 1020 g/mol. The Hall–Kier alpha value is -5.33. The number of rotatable bonds is 9. The second-order valence-corrected chi connectivity index (χ2v) is 32.2. The van der Waals surface area contributed by atoms with Crippen LogP contribution in [0.5, 0.6) is 0 Å². The maximum absolute atomic E-state index is 13.1. The summed E-state index contributed by atoms with van der Waals surface area (Å²) in [5.74, 6) is -4.38. The number of nitrogens with one attached hydrogen (secondary N) is 2. The number of ether oxygens (including phenoxy) is 2. The monoisotopic (exact) mass is 1070 g/mol. The number of halogens is 1. The number of imide groups is 2. The quantitative estimate of drug-likeness (QED) is 0.0911. The van der Waals surface area contributed by atoms with Crippen molar-refractivity contribution in [3.8, 4) is 0 Å². The van der Waals surface area contributed by atoms with E-state index in [0.29, 0.717) is 22.2 Å². The van der Waals surface area contributed by atoms with Gasteiger partial charge in [0.2, 0.25) is 0 Å². The molecule has 2 heterocycles. The fourth-order valence-corrected chi connectivity index (χ4v) is 10.9. The molecule has 2 aliphatic rings. The number of nitrogens with two attached hydrogens (primary N) is 2. The van der Waals surface area contributed by atoms with E-state index in [0.717, 1.165) is 17.6 Å². The first-order valence-corrected chi connectivity index (χ1v) is 29.9. The number of alkyl carbamates (subject to hydrolysis) is 1. The topological polar surface area (TPSA) is 283 Å². The van der Waals surface area contributed by atoms with Crippen LogP contribution >= 0.6 is 22.6 Å². The van der Waals surface area contributed by atoms with E-state index in [-0.39, 0.29) is 49.3 Å². The smallest absolute Gasteiger partial charge is 0.363 e. The van der Waals surface area contributed by atoms with Gasteiger partial charge in [-0.25, -0.2) is 9.79 Å². The molecule has 2 saturated heterocycles. The van der Waals surface area contributed by atoms with E-state index < -0.39 is 83.3 Å². The summed E-state index contributed by atoms with van der Waals surface area (Å²) >= 11 is -0.997. The molecule has 22 heteroatoms. The Morgan fingerprint density at radius 3 is 1.62 bits per heavy atom. The maximum Gasteiger partial charge on any atom is 0.363 e. The van der Waals surface area contributed by atoms with Gasteiger partial charge in [0.25, 0.3) is 11.8 Å². The zero-order valence-corrected chi connectivity index (χ0v) is 40.4. The molecular formula is C39H51IN8O12Sn. The van der Waals surface area contributed by atoms with Crippen LogP contribution < -0.4 is 20.4 Å². The Balaban J connectivity index is 0.000000379. The molecule has 4 rings (SSSR count). The summed E-state index contributed by atoms with van der Waals surface area (Å²) in [5.41, 5.74) is 10.7. The number of carbonyl (C=O) groups is 8. The van der Waals surface area contributed by atoms with Crippen molar-refractivity contribution in [3.63, 3.8) is 0 Å². The van der Waals surface area contributed by atoms with Crippen LogP contribution in [0.1, 0.15) is 99.1 Å². The Kier molecular flexibility index (Phi) is 16.8. The van der Waals surface area contributed by atoms with Gasteiger partial charge < -0.3 is 16.3 Å². The number of carbonyl (C=O) groups excluding carboxylic acids is 8. The predicted octanol–water partition coefficient (Wildman–Crippen LogP) is 3.93. The molecule has 0 aliphatic carbocycles. The molecule has 330 valence electrons. The second-order valence-electron chi connectivity index (χ2n) is 16.6. The predicted molar refractivity (Wildman–Crippen MR) is 230 cm³/mol. The minimum Gasteiger partial charge on any atom is -0.370 e. The summed E-state index contributed by atoms with van der Waals surface area (Å²) in [6, 6.07) is 9.50. The third kappa shape index (κ3) is 15.3. The van der Waals surface area contributed by atoms with Gasteiger partial charge in [-0.1, -0.05) is 6.07 Å². The molecule has 0 unspecified atom stereocenters. The van der Waals surface area contributed by atoms with Crippen molar-refractivity contribution in [1.29, 1.82) is 5.41 Å². The summed E-state index contributed by atoms with van der Waals surface area (Å²) in [5, 5.41) is 11.7. The van der Waals surface area contributed by atoms with Crippen LogP contribution in [0.15, 0.2) is 41.4 Å². The first-order chi connectivity index (χ1) is 28.1. The molecule has 0 atom stereocenters. The van der Waals surface area contributed by atoms with E-state index in [1.807, 2.05) is 22.6 Å². The van der Waals surface area contributed by atoms with E-state index in [2.05, 4.69) is 25.1 Å². The minimum absolute atomic E-state index is 0.0153. The first-order valence-electron chi connectivity index (χ1n) is 18.8. The van der Waals surface area contributed by atoms with E-state index in [9.17, 15) is 38.4 Å². The van der Waals surface area contributed by atoms with Gasteiger partial charge >= 0.3 is 239 Å². The van der Waals surface area contributed by atoms with Crippen LogP contribution in [0.2, 0.25) is 14.8 Å². The van der Waals surface area contributed by atoms with Crippen molar-refractivity contribution in [2.75, 3.05) is 0 Å².